The van der Waals surface area contributed by atoms with Crippen LogP contribution in [0.3, 0.4) is 0 Å². The first-order valence-electron chi connectivity index (χ1n) is 6.76. The van der Waals surface area contributed by atoms with Crippen molar-refractivity contribution in [2.75, 3.05) is 24.2 Å². The van der Waals surface area contributed by atoms with E-state index in [1.54, 1.807) is 18.1 Å². The van der Waals surface area contributed by atoms with Crippen LogP contribution in [0.2, 0.25) is 0 Å². The van der Waals surface area contributed by atoms with Crippen LogP contribution in [-0.4, -0.2) is 29.3 Å². The molecule has 0 amide bonds. The molecule has 0 saturated carbocycles. The third-order valence-corrected chi connectivity index (χ3v) is 4.34. The van der Waals surface area contributed by atoms with Crippen molar-refractivity contribution < 1.29 is 0 Å². The van der Waals surface area contributed by atoms with Crippen molar-refractivity contribution in [3.05, 3.63) is 42.2 Å². The summed E-state index contributed by atoms with van der Waals surface area (Å²) in [4.78, 5) is 11.0. The number of benzene rings is 1. The van der Waals surface area contributed by atoms with Crippen molar-refractivity contribution in [2.45, 2.75) is 17.4 Å². The first-order chi connectivity index (χ1) is 9.83. The summed E-state index contributed by atoms with van der Waals surface area (Å²) < 4.78 is 0. The summed E-state index contributed by atoms with van der Waals surface area (Å²) in [7, 11) is 0. The van der Waals surface area contributed by atoms with Crippen LogP contribution in [0.5, 0.6) is 0 Å². The van der Waals surface area contributed by atoms with Crippen LogP contribution in [-0.2, 0) is 0 Å². The Balaban J connectivity index is 1.98. The molecule has 2 aromatic rings. The predicted molar refractivity (Wildman–Crippen MR) is 83.7 cm³/mol. The van der Waals surface area contributed by atoms with E-state index in [2.05, 4.69) is 39.1 Å². The first-order valence-corrected chi connectivity index (χ1v) is 7.98. The highest BCUT2D eigenvalue weighted by atomic mass is 32.2. The molecule has 1 aliphatic rings. The van der Waals surface area contributed by atoms with Crippen molar-refractivity contribution in [1.82, 2.24) is 9.97 Å². The molecule has 1 atom stereocenters. The van der Waals surface area contributed by atoms with Crippen molar-refractivity contribution >= 4 is 23.3 Å². The van der Waals surface area contributed by atoms with Crippen LogP contribution in [0.15, 0.2) is 41.7 Å². The normalized spacial score (nSPS) is 17.3. The number of hydrogen-bond donors (Lipinski definition) is 1. The molecule has 0 saturated heterocycles. The fraction of sp³-hybridized carbons (Fsp3) is 0.333. The van der Waals surface area contributed by atoms with Gasteiger partial charge in [0.25, 0.3) is 0 Å². The SMILES string of the molecule is CSc1cc(N2CC(CCN)c3ccccc32)ncn1. The molecule has 2 N–H and O–H groups in total. The highest BCUT2D eigenvalue weighted by molar-refractivity contribution is 7.98. The summed E-state index contributed by atoms with van der Waals surface area (Å²) in [5.74, 6) is 1.46. The molecule has 0 bridgehead atoms. The molecular weight excluding hydrogens is 268 g/mol. The van der Waals surface area contributed by atoms with E-state index in [1.165, 1.54) is 11.3 Å². The van der Waals surface area contributed by atoms with Gasteiger partial charge in [-0.3, -0.25) is 0 Å². The van der Waals surface area contributed by atoms with E-state index in [4.69, 9.17) is 5.73 Å². The average Bonchev–Trinajstić information content (AvgIpc) is 2.87. The molecule has 1 aliphatic heterocycles. The van der Waals surface area contributed by atoms with Gasteiger partial charge in [0.1, 0.15) is 17.2 Å². The van der Waals surface area contributed by atoms with Gasteiger partial charge in [-0.1, -0.05) is 18.2 Å². The van der Waals surface area contributed by atoms with Crippen LogP contribution in [0, 0.1) is 0 Å². The van der Waals surface area contributed by atoms with Crippen LogP contribution in [0.25, 0.3) is 0 Å². The second-order valence-electron chi connectivity index (χ2n) is 4.86. The molecule has 2 heterocycles. The third kappa shape index (κ3) is 2.39. The van der Waals surface area contributed by atoms with Gasteiger partial charge in [0, 0.05) is 24.2 Å². The summed E-state index contributed by atoms with van der Waals surface area (Å²) in [6.45, 7) is 1.66. The van der Waals surface area contributed by atoms with Gasteiger partial charge < -0.3 is 10.6 Å². The van der Waals surface area contributed by atoms with Crippen LogP contribution >= 0.6 is 11.8 Å². The third-order valence-electron chi connectivity index (χ3n) is 3.70. The molecular formula is C15H18N4S. The lowest BCUT2D eigenvalue weighted by atomic mass is 9.98. The topological polar surface area (TPSA) is 55.0 Å². The van der Waals surface area contributed by atoms with Gasteiger partial charge in [0.2, 0.25) is 0 Å². The van der Waals surface area contributed by atoms with Crippen molar-refractivity contribution in [2.24, 2.45) is 5.73 Å². The Hall–Kier alpha value is -1.59. The summed E-state index contributed by atoms with van der Waals surface area (Å²) in [5.41, 5.74) is 8.37. The minimum Gasteiger partial charge on any atom is -0.330 e. The number of nitrogens with zero attached hydrogens (tertiary/aromatic N) is 3. The van der Waals surface area contributed by atoms with Crippen molar-refractivity contribution in [1.29, 1.82) is 0 Å². The van der Waals surface area contributed by atoms with E-state index in [-0.39, 0.29) is 0 Å². The quantitative estimate of drug-likeness (QED) is 0.692. The van der Waals surface area contributed by atoms with E-state index in [0.717, 1.165) is 23.8 Å². The smallest absolute Gasteiger partial charge is 0.137 e. The molecule has 0 fully saturated rings. The van der Waals surface area contributed by atoms with E-state index in [0.29, 0.717) is 12.5 Å². The number of thioether (sulfide) groups is 1. The van der Waals surface area contributed by atoms with Crippen LogP contribution < -0.4 is 10.6 Å². The van der Waals surface area contributed by atoms with Gasteiger partial charge >= 0.3 is 0 Å². The Kier molecular flexibility index (Phi) is 3.89. The second-order valence-corrected chi connectivity index (χ2v) is 5.69. The van der Waals surface area contributed by atoms with Crippen molar-refractivity contribution in [3.63, 3.8) is 0 Å². The minimum atomic E-state index is 0.490. The van der Waals surface area contributed by atoms with Gasteiger partial charge in [-0.25, -0.2) is 9.97 Å². The number of hydrogen-bond acceptors (Lipinski definition) is 5. The lowest BCUT2D eigenvalue weighted by Gasteiger charge is -2.19. The molecule has 1 aromatic carbocycles. The molecule has 5 heteroatoms. The Bertz CT molecular complexity index is 602. The zero-order valence-electron chi connectivity index (χ0n) is 11.5. The van der Waals surface area contributed by atoms with Gasteiger partial charge in [0.05, 0.1) is 0 Å². The summed E-state index contributed by atoms with van der Waals surface area (Å²) in [6.07, 6.45) is 4.68. The van der Waals surface area contributed by atoms with Gasteiger partial charge in [-0.2, -0.15) is 0 Å². The lowest BCUT2D eigenvalue weighted by Crippen LogP contribution is -2.18. The molecule has 3 rings (SSSR count). The monoisotopic (exact) mass is 286 g/mol. The fourth-order valence-electron chi connectivity index (χ4n) is 2.75. The second kappa shape index (κ2) is 5.81. The largest absolute Gasteiger partial charge is 0.330 e. The predicted octanol–water partition coefficient (Wildman–Crippen LogP) is 2.78. The van der Waals surface area contributed by atoms with E-state index in [1.807, 2.05) is 12.3 Å². The molecule has 1 unspecified atom stereocenters. The molecule has 4 nitrogen and oxygen atoms in total. The van der Waals surface area contributed by atoms with Gasteiger partial charge in [-0.15, -0.1) is 11.8 Å². The van der Waals surface area contributed by atoms with E-state index in [9.17, 15) is 0 Å². The molecule has 104 valence electrons. The zero-order chi connectivity index (χ0) is 13.9. The number of fused-ring (bicyclic) bond motifs is 1. The van der Waals surface area contributed by atoms with Crippen LogP contribution in [0.1, 0.15) is 17.9 Å². The molecule has 1 aromatic heterocycles. The molecule has 0 radical (unpaired) electrons. The standard InChI is InChI=1S/C15H18N4S/c1-20-15-8-14(17-10-18-15)19-9-11(6-7-16)12-4-2-3-5-13(12)19/h2-5,8,10-11H,6-7,9,16H2,1H3. The fourth-order valence-corrected chi connectivity index (χ4v) is 3.13. The highest BCUT2D eigenvalue weighted by Crippen LogP contribution is 2.41. The van der Waals surface area contributed by atoms with Crippen molar-refractivity contribution in [3.8, 4) is 0 Å². The molecule has 0 spiro atoms. The lowest BCUT2D eigenvalue weighted by molar-refractivity contribution is 0.666. The number of para-hydroxylation sites is 1. The molecule has 20 heavy (non-hydrogen) atoms. The summed E-state index contributed by atoms with van der Waals surface area (Å²) in [5, 5.41) is 0.995. The maximum Gasteiger partial charge on any atom is 0.137 e. The number of rotatable bonds is 4. The Labute approximate surface area is 123 Å². The Morgan fingerprint density at radius 2 is 2.20 bits per heavy atom. The number of nitrogens with two attached hydrogens (primary N) is 1. The van der Waals surface area contributed by atoms with E-state index < -0.39 is 0 Å². The number of aromatic nitrogens is 2. The maximum absolute atomic E-state index is 5.75. The Morgan fingerprint density at radius 3 is 3.00 bits per heavy atom. The highest BCUT2D eigenvalue weighted by Gasteiger charge is 2.29. The van der Waals surface area contributed by atoms with E-state index >= 15 is 0 Å². The zero-order valence-corrected chi connectivity index (χ0v) is 12.3. The molecule has 0 aliphatic carbocycles. The van der Waals surface area contributed by atoms with Crippen LogP contribution in [0.4, 0.5) is 11.5 Å². The summed E-state index contributed by atoms with van der Waals surface area (Å²) in [6, 6.07) is 10.6. The van der Waals surface area contributed by atoms with Gasteiger partial charge in [-0.05, 0) is 30.9 Å². The van der Waals surface area contributed by atoms with Gasteiger partial charge in [0.15, 0.2) is 0 Å². The minimum absolute atomic E-state index is 0.490. The average molecular weight is 286 g/mol. The first kappa shape index (κ1) is 13.4. The number of anilines is 2. The Morgan fingerprint density at radius 1 is 1.35 bits per heavy atom. The maximum atomic E-state index is 5.75. The summed E-state index contributed by atoms with van der Waals surface area (Å²) >= 11 is 1.64.